The molecule has 0 saturated carbocycles. The molecule has 3 aromatic rings. The number of aromatic nitrogens is 1. The van der Waals surface area contributed by atoms with E-state index in [2.05, 4.69) is 30.1 Å². The number of methoxy groups -OCH3 is 1. The second-order valence-corrected chi connectivity index (χ2v) is 6.13. The molecule has 0 radical (unpaired) electrons. The third kappa shape index (κ3) is 4.54. The van der Waals surface area contributed by atoms with Gasteiger partial charge in [0.15, 0.2) is 0 Å². The van der Waals surface area contributed by atoms with Crippen LogP contribution in [0.4, 0.5) is 0 Å². The molecule has 23 heavy (non-hydrogen) atoms. The van der Waals surface area contributed by atoms with Gasteiger partial charge in [0.05, 0.1) is 29.3 Å². The Morgan fingerprint density at radius 2 is 1.87 bits per heavy atom. The number of ether oxygens (including phenoxy) is 1. The van der Waals surface area contributed by atoms with E-state index in [-0.39, 0.29) is 5.92 Å². The lowest BCUT2D eigenvalue weighted by atomic mass is 10.2. The van der Waals surface area contributed by atoms with E-state index in [1.807, 2.05) is 43.3 Å². The number of rotatable bonds is 3. The number of fused-ring (bicyclic) bond motifs is 1. The van der Waals surface area contributed by atoms with Gasteiger partial charge >= 0.3 is 0 Å². The molecule has 0 fully saturated rings. The number of benzene rings is 2. The molecular formula is C19H20N2OS. The average molecular weight is 324 g/mol. The first-order valence-electron chi connectivity index (χ1n) is 7.56. The Kier molecular flexibility index (Phi) is 6.13. The van der Waals surface area contributed by atoms with Crippen molar-refractivity contribution in [2.45, 2.75) is 26.2 Å². The molecule has 0 aliphatic heterocycles. The highest BCUT2D eigenvalue weighted by atomic mass is 32.1. The van der Waals surface area contributed by atoms with E-state index in [9.17, 15) is 0 Å². The highest BCUT2D eigenvalue weighted by Gasteiger charge is 2.09. The first-order chi connectivity index (χ1) is 11.2. The van der Waals surface area contributed by atoms with Crippen molar-refractivity contribution in [3.63, 3.8) is 0 Å². The van der Waals surface area contributed by atoms with E-state index in [0.717, 1.165) is 27.4 Å². The summed E-state index contributed by atoms with van der Waals surface area (Å²) in [6, 6.07) is 18.3. The van der Waals surface area contributed by atoms with Crippen LogP contribution in [0.5, 0.6) is 5.75 Å². The maximum absolute atomic E-state index is 8.73. The van der Waals surface area contributed by atoms with Crippen LogP contribution in [0.25, 0.3) is 10.2 Å². The molecule has 4 heteroatoms. The van der Waals surface area contributed by atoms with Gasteiger partial charge in [-0.05, 0) is 43.2 Å². The third-order valence-corrected chi connectivity index (χ3v) is 4.66. The summed E-state index contributed by atoms with van der Waals surface area (Å²) in [4.78, 5) is 4.38. The number of hydrogen-bond acceptors (Lipinski definition) is 4. The molecule has 1 unspecified atom stereocenters. The van der Waals surface area contributed by atoms with Gasteiger partial charge in [0.1, 0.15) is 10.8 Å². The van der Waals surface area contributed by atoms with Crippen molar-refractivity contribution < 1.29 is 4.74 Å². The zero-order valence-corrected chi connectivity index (χ0v) is 14.4. The minimum Gasteiger partial charge on any atom is -0.497 e. The molecule has 2 aromatic carbocycles. The molecule has 0 bridgehead atoms. The second kappa shape index (κ2) is 8.30. The zero-order valence-electron chi connectivity index (χ0n) is 13.6. The van der Waals surface area contributed by atoms with Gasteiger partial charge in [-0.1, -0.05) is 31.2 Å². The van der Waals surface area contributed by atoms with Crippen LogP contribution in [0.3, 0.4) is 0 Å². The SMILES string of the molecule is CC(C#N)c1nc2ccccc2s1.CCc1ccc(OC)cc1. The van der Waals surface area contributed by atoms with Crippen LogP contribution in [0, 0.1) is 11.3 Å². The van der Waals surface area contributed by atoms with Gasteiger partial charge in [-0.15, -0.1) is 11.3 Å². The van der Waals surface area contributed by atoms with Crippen LogP contribution in [0.15, 0.2) is 48.5 Å². The molecule has 0 saturated heterocycles. The topological polar surface area (TPSA) is 45.9 Å². The third-order valence-electron chi connectivity index (χ3n) is 3.44. The van der Waals surface area contributed by atoms with Gasteiger partial charge in [0, 0.05) is 0 Å². The largest absolute Gasteiger partial charge is 0.497 e. The first kappa shape index (κ1) is 17.0. The van der Waals surface area contributed by atoms with Crippen LogP contribution in [-0.4, -0.2) is 12.1 Å². The summed E-state index contributed by atoms with van der Waals surface area (Å²) >= 11 is 1.60. The Balaban J connectivity index is 0.000000174. The Hall–Kier alpha value is -2.38. The summed E-state index contributed by atoms with van der Waals surface area (Å²) in [5.41, 5.74) is 2.34. The molecule has 0 spiro atoms. The van der Waals surface area contributed by atoms with E-state index in [4.69, 9.17) is 10.00 Å². The monoisotopic (exact) mass is 324 g/mol. The lowest BCUT2D eigenvalue weighted by Crippen LogP contribution is -1.85. The summed E-state index contributed by atoms with van der Waals surface area (Å²) in [6.07, 6.45) is 1.09. The number of nitriles is 1. The molecule has 3 nitrogen and oxygen atoms in total. The van der Waals surface area contributed by atoms with Crippen molar-refractivity contribution in [1.82, 2.24) is 4.98 Å². The first-order valence-corrected chi connectivity index (χ1v) is 8.37. The Morgan fingerprint density at radius 3 is 2.43 bits per heavy atom. The normalized spacial score (nSPS) is 11.2. The van der Waals surface area contributed by atoms with Crippen LogP contribution in [0.2, 0.25) is 0 Å². The lowest BCUT2D eigenvalue weighted by molar-refractivity contribution is 0.414. The smallest absolute Gasteiger partial charge is 0.118 e. The molecule has 1 heterocycles. The van der Waals surface area contributed by atoms with Gasteiger partial charge in [-0.3, -0.25) is 0 Å². The van der Waals surface area contributed by atoms with Crippen LogP contribution >= 0.6 is 11.3 Å². The standard InChI is InChI=1S/C10H8N2S.C9H12O/c1-7(6-11)10-12-8-4-2-3-5-9(8)13-10;1-3-8-4-6-9(10-2)7-5-8/h2-5,7H,1H3;4-7H,3H2,1-2H3. The number of hydrogen-bond donors (Lipinski definition) is 0. The molecule has 0 N–H and O–H groups in total. The Bertz CT molecular complexity index is 731. The minimum absolute atomic E-state index is 0.0996. The van der Waals surface area contributed by atoms with Gasteiger partial charge < -0.3 is 4.74 Å². The number of thiazole rings is 1. The molecule has 0 aliphatic rings. The van der Waals surface area contributed by atoms with Crippen molar-refractivity contribution >= 4 is 21.6 Å². The maximum atomic E-state index is 8.73. The fourth-order valence-corrected chi connectivity index (χ4v) is 2.96. The van der Waals surface area contributed by atoms with E-state index in [1.165, 1.54) is 5.56 Å². The summed E-state index contributed by atoms with van der Waals surface area (Å²) in [6.45, 7) is 4.01. The van der Waals surface area contributed by atoms with Gasteiger partial charge in [0.25, 0.3) is 0 Å². The molecule has 1 atom stereocenters. The molecule has 118 valence electrons. The fourth-order valence-electron chi connectivity index (χ4n) is 1.99. The summed E-state index contributed by atoms with van der Waals surface area (Å²) < 4.78 is 6.17. The summed E-state index contributed by atoms with van der Waals surface area (Å²) in [5, 5.41) is 9.64. The van der Waals surface area contributed by atoms with Crippen molar-refractivity contribution in [2.24, 2.45) is 0 Å². The van der Waals surface area contributed by atoms with Crippen LogP contribution in [-0.2, 0) is 6.42 Å². The maximum Gasteiger partial charge on any atom is 0.118 e. The molecule has 1 aromatic heterocycles. The number of aryl methyl sites for hydroxylation is 1. The number of para-hydroxylation sites is 1. The summed E-state index contributed by atoms with van der Waals surface area (Å²) in [7, 11) is 1.68. The van der Waals surface area contributed by atoms with Crippen molar-refractivity contribution in [3.8, 4) is 11.8 Å². The highest BCUT2D eigenvalue weighted by Crippen LogP contribution is 2.26. The van der Waals surface area contributed by atoms with E-state index < -0.39 is 0 Å². The van der Waals surface area contributed by atoms with Crippen LogP contribution < -0.4 is 4.74 Å². The predicted octanol–water partition coefficient (Wildman–Crippen LogP) is 5.18. The Morgan fingerprint density at radius 1 is 1.17 bits per heavy atom. The quantitative estimate of drug-likeness (QED) is 0.667. The van der Waals surface area contributed by atoms with E-state index in [1.54, 1.807) is 18.4 Å². The Labute approximate surface area is 141 Å². The van der Waals surface area contributed by atoms with Crippen molar-refractivity contribution in [2.75, 3.05) is 7.11 Å². The van der Waals surface area contributed by atoms with Gasteiger partial charge in [-0.25, -0.2) is 4.98 Å². The van der Waals surface area contributed by atoms with Crippen molar-refractivity contribution in [1.29, 1.82) is 5.26 Å². The molecule has 3 rings (SSSR count). The minimum atomic E-state index is -0.0996. The van der Waals surface area contributed by atoms with Crippen LogP contribution in [0.1, 0.15) is 30.3 Å². The van der Waals surface area contributed by atoms with Crippen molar-refractivity contribution in [3.05, 3.63) is 59.1 Å². The highest BCUT2D eigenvalue weighted by molar-refractivity contribution is 7.18. The predicted molar refractivity (Wildman–Crippen MR) is 96.0 cm³/mol. The lowest BCUT2D eigenvalue weighted by Gasteiger charge is -1.99. The molecule has 0 aliphatic carbocycles. The second-order valence-electron chi connectivity index (χ2n) is 5.07. The van der Waals surface area contributed by atoms with Gasteiger partial charge in [-0.2, -0.15) is 5.26 Å². The van der Waals surface area contributed by atoms with Gasteiger partial charge in [0.2, 0.25) is 0 Å². The molecular weight excluding hydrogens is 304 g/mol. The average Bonchev–Trinajstić information content (AvgIpc) is 3.06. The van der Waals surface area contributed by atoms with E-state index >= 15 is 0 Å². The summed E-state index contributed by atoms with van der Waals surface area (Å²) in [5.74, 6) is 0.828. The number of nitrogens with zero attached hydrogens (tertiary/aromatic N) is 2. The molecule has 0 amide bonds. The van der Waals surface area contributed by atoms with E-state index in [0.29, 0.717) is 0 Å². The fraction of sp³-hybridized carbons (Fsp3) is 0.263. The zero-order chi connectivity index (χ0) is 16.7.